The van der Waals surface area contributed by atoms with Crippen LogP contribution < -0.4 is 10.3 Å². The topological polar surface area (TPSA) is 147 Å². The van der Waals surface area contributed by atoms with Gasteiger partial charge in [-0.25, -0.2) is 18.4 Å². The first-order chi connectivity index (χ1) is 18.7. The molecule has 13 nitrogen and oxygen atoms in total. The molecule has 0 aromatic carbocycles. The van der Waals surface area contributed by atoms with E-state index >= 15 is 0 Å². The molecule has 0 unspecified atom stereocenters. The lowest BCUT2D eigenvalue weighted by Gasteiger charge is -2.39. The van der Waals surface area contributed by atoms with Gasteiger partial charge in [0.2, 0.25) is 21.8 Å². The number of nitrogens with zero attached hydrogens (tertiary/aromatic N) is 7. The average Bonchev–Trinajstić information content (AvgIpc) is 3.26. The fraction of sp³-hybridized carbons (Fsp3) is 0.560. The lowest BCUT2D eigenvalue weighted by Crippen LogP contribution is -2.50. The van der Waals surface area contributed by atoms with Crippen LogP contribution in [0.4, 0.5) is 0 Å². The van der Waals surface area contributed by atoms with Crippen LogP contribution in [0.25, 0.3) is 22.4 Å². The molecule has 0 bridgehead atoms. The maximum atomic E-state index is 13.5. The third kappa shape index (κ3) is 4.92. The lowest BCUT2D eigenvalue weighted by atomic mass is 10.1. The van der Waals surface area contributed by atoms with Gasteiger partial charge in [-0.3, -0.25) is 14.3 Å². The highest BCUT2D eigenvalue weighted by Gasteiger charge is 2.34. The largest absolute Gasteiger partial charge is 0.477 e. The SMILES string of the molecule is CCOc1ncc(S(=O)(=O)N2CCN(CC)CC2)cc1-c1nc2c(CC)n(C3CN(C(C)=O)C3)nc2c(=O)[nH]1. The van der Waals surface area contributed by atoms with Crippen LogP contribution in [0.15, 0.2) is 22.0 Å². The van der Waals surface area contributed by atoms with E-state index in [2.05, 4.69) is 26.9 Å². The second-order valence-corrected chi connectivity index (χ2v) is 11.7. The summed E-state index contributed by atoms with van der Waals surface area (Å²) in [4.78, 5) is 40.6. The quantitative estimate of drug-likeness (QED) is 0.425. The fourth-order valence-corrected chi connectivity index (χ4v) is 6.49. The number of amides is 1. The monoisotopic (exact) mass is 558 g/mol. The van der Waals surface area contributed by atoms with E-state index in [1.165, 1.54) is 23.5 Å². The number of sulfonamides is 1. The van der Waals surface area contributed by atoms with Crippen molar-refractivity contribution in [3.63, 3.8) is 0 Å². The summed E-state index contributed by atoms with van der Waals surface area (Å²) in [6.45, 7) is 11.6. The smallest absolute Gasteiger partial charge is 0.279 e. The number of carbonyl (C=O) groups is 1. The van der Waals surface area contributed by atoms with Gasteiger partial charge in [0.25, 0.3) is 5.56 Å². The van der Waals surface area contributed by atoms with Crippen molar-refractivity contribution >= 4 is 27.0 Å². The molecule has 2 saturated heterocycles. The van der Waals surface area contributed by atoms with Crippen LogP contribution >= 0.6 is 0 Å². The molecule has 0 radical (unpaired) electrons. The van der Waals surface area contributed by atoms with Crippen LogP contribution in [0, 0.1) is 0 Å². The maximum absolute atomic E-state index is 13.5. The van der Waals surface area contributed by atoms with Gasteiger partial charge in [-0.15, -0.1) is 0 Å². The molecule has 39 heavy (non-hydrogen) atoms. The van der Waals surface area contributed by atoms with Gasteiger partial charge in [-0.05, 0) is 26.0 Å². The Morgan fingerprint density at radius 1 is 1.13 bits per heavy atom. The third-order valence-electron chi connectivity index (χ3n) is 7.42. The van der Waals surface area contributed by atoms with Crippen molar-refractivity contribution in [2.75, 3.05) is 52.4 Å². The molecule has 14 heteroatoms. The Balaban J connectivity index is 1.56. The number of piperazine rings is 1. The van der Waals surface area contributed by atoms with Crippen molar-refractivity contribution < 1.29 is 17.9 Å². The molecule has 1 N–H and O–H groups in total. The predicted octanol–water partition coefficient (Wildman–Crippen LogP) is 0.872. The van der Waals surface area contributed by atoms with Gasteiger partial charge in [0.1, 0.15) is 16.2 Å². The van der Waals surface area contributed by atoms with Crippen LogP contribution in [0.2, 0.25) is 0 Å². The van der Waals surface area contributed by atoms with Gasteiger partial charge < -0.3 is 19.5 Å². The van der Waals surface area contributed by atoms with Crippen molar-refractivity contribution in [1.82, 2.24) is 38.8 Å². The number of aromatic amines is 1. The van der Waals surface area contributed by atoms with Gasteiger partial charge in [-0.2, -0.15) is 9.40 Å². The van der Waals surface area contributed by atoms with Crippen LogP contribution in [0.3, 0.4) is 0 Å². The van der Waals surface area contributed by atoms with Crippen molar-refractivity contribution in [1.29, 1.82) is 0 Å². The highest BCUT2D eigenvalue weighted by atomic mass is 32.2. The molecule has 0 spiro atoms. The number of pyridine rings is 1. The Hall–Kier alpha value is -3.36. The summed E-state index contributed by atoms with van der Waals surface area (Å²) in [7, 11) is -3.82. The minimum absolute atomic E-state index is 0.00250. The summed E-state index contributed by atoms with van der Waals surface area (Å²) in [5.41, 5.74) is 1.24. The van der Waals surface area contributed by atoms with Crippen molar-refractivity contribution in [2.24, 2.45) is 0 Å². The molecule has 210 valence electrons. The zero-order valence-electron chi connectivity index (χ0n) is 22.7. The van der Waals surface area contributed by atoms with E-state index in [0.29, 0.717) is 57.8 Å². The number of aryl methyl sites for hydroxylation is 1. The number of rotatable bonds is 8. The molecule has 1 amide bonds. The van der Waals surface area contributed by atoms with E-state index in [0.717, 1.165) is 12.2 Å². The minimum Gasteiger partial charge on any atom is -0.477 e. The molecule has 2 fully saturated rings. The number of aromatic nitrogens is 5. The first-order valence-corrected chi connectivity index (χ1v) is 14.7. The van der Waals surface area contributed by atoms with E-state index in [9.17, 15) is 18.0 Å². The molecule has 2 aliphatic heterocycles. The molecule has 0 atom stereocenters. The number of likely N-dealkylation sites (N-methyl/N-ethyl adjacent to an activating group) is 1. The van der Waals surface area contributed by atoms with E-state index < -0.39 is 15.6 Å². The first kappa shape index (κ1) is 27.2. The van der Waals surface area contributed by atoms with Crippen molar-refractivity contribution in [3.05, 3.63) is 28.3 Å². The van der Waals surface area contributed by atoms with Gasteiger partial charge in [-0.1, -0.05) is 13.8 Å². The number of carbonyl (C=O) groups excluding carboxylic acids is 1. The van der Waals surface area contributed by atoms with E-state index in [4.69, 9.17) is 9.72 Å². The van der Waals surface area contributed by atoms with Crippen LogP contribution in [-0.2, 0) is 21.2 Å². The average molecular weight is 559 g/mol. The van der Waals surface area contributed by atoms with Gasteiger partial charge in [0.15, 0.2) is 5.52 Å². The van der Waals surface area contributed by atoms with E-state index in [-0.39, 0.29) is 39.6 Å². The molecular weight excluding hydrogens is 524 g/mol. The second-order valence-electron chi connectivity index (χ2n) is 9.73. The number of nitrogens with one attached hydrogen (secondary N) is 1. The molecule has 5 rings (SSSR count). The molecule has 0 aliphatic carbocycles. The molecule has 3 aromatic heterocycles. The molecule has 2 aliphatic rings. The number of ether oxygens (including phenoxy) is 1. The van der Waals surface area contributed by atoms with Crippen molar-refractivity contribution in [2.45, 2.75) is 45.1 Å². The van der Waals surface area contributed by atoms with Gasteiger partial charge in [0, 0.05) is 46.2 Å². The van der Waals surface area contributed by atoms with Gasteiger partial charge in [0.05, 0.1) is 30.1 Å². The second kappa shape index (κ2) is 10.7. The Morgan fingerprint density at radius 2 is 1.85 bits per heavy atom. The van der Waals surface area contributed by atoms with Crippen LogP contribution in [0.5, 0.6) is 5.88 Å². The number of fused-ring (bicyclic) bond motifs is 1. The molecule has 0 saturated carbocycles. The summed E-state index contributed by atoms with van der Waals surface area (Å²) < 4.78 is 35.9. The van der Waals surface area contributed by atoms with Gasteiger partial charge >= 0.3 is 0 Å². The number of hydrogen-bond acceptors (Lipinski definition) is 9. The number of hydrogen-bond donors (Lipinski definition) is 1. The van der Waals surface area contributed by atoms with Crippen molar-refractivity contribution in [3.8, 4) is 17.3 Å². The number of likely N-dealkylation sites (tertiary alicyclic amines) is 1. The Bertz CT molecular complexity index is 1550. The lowest BCUT2D eigenvalue weighted by molar-refractivity contribution is -0.134. The maximum Gasteiger partial charge on any atom is 0.279 e. The molecular formula is C25H34N8O5S. The highest BCUT2D eigenvalue weighted by molar-refractivity contribution is 7.89. The van der Waals surface area contributed by atoms with E-state index in [1.54, 1.807) is 16.5 Å². The summed E-state index contributed by atoms with van der Waals surface area (Å²) >= 11 is 0. The molecule has 3 aromatic rings. The Morgan fingerprint density at radius 3 is 2.46 bits per heavy atom. The Kier molecular flexibility index (Phi) is 7.44. The van der Waals surface area contributed by atoms with Crippen LogP contribution in [0.1, 0.15) is 39.4 Å². The fourth-order valence-electron chi connectivity index (χ4n) is 5.09. The first-order valence-electron chi connectivity index (χ1n) is 13.3. The summed E-state index contributed by atoms with van der Waals surface area (Å²) in [5.74, 6) is 0.332. The zero-order chi connectivity index (χ0) is 27.9. The summed E-state index contributed by atoms with van der Waals surface area (Å²) in [6, 6.07) is 1.43. The highest BCUT2D eigenvalue weighted by Crippen LogP contribution is 2.31. The normalized spacial score (nSPS) is 17.5. The summed E-state index contributed by atoms with van der Waals surface area (Å²) in [6.07, 6.45) is 1.86. The standard InChI is InChI=1S/C25H34N8O5S/c1-5-20-21-22(29-33(20)17-14-31(15-17)16(4)34)24(35)28-23(27-21)19-12-18(13-26-25(19)38-7-3)39(36,37)32-10-8-30(6-2)9-11-32/h12-13,17H,5-11,14-15H2,1-4H3,(H,27,28,35). The zero-order valence-corrected chi connectivity index (χ0v) is 23.5. The predicted molar refractivity (Wildman–Crippen MR) is 144 cm³/mol. The number of H-pyrrole nitrogens is 1. The Labute approximate surface area is 226 Å². The molecule has 5 heterocycles. The summed E-state index contributed by atoms with van der Waals surface area (Å²) in [5, 5.41) is 4.54. The minimum atomic E-state index is -3.82. The van der Waals surface area contributed by atoms with Crippen LogP contribution in [-0.4, -0.2) is 106 Å². The third-order valence-corrected chi connectivity index (χ3v) is 9.28. The van der Waals surface area contributed by atoms with E-state index in [1.807, 2.05) is 6.92 Å².